The molecule has 0 radical (unpaired) electrons. The Morgan fingerprint density at radius 3 is 2.43 bits per heavy atom. The molecule has 0 amide bonds. The number of carboxylic acid groups (broad SMARTS) is 1. The average molecular weight is 204 g/mol. The number of hydrogen-bond donors (Lipinski definition) is 3. The molecule has 0 aliphatic carbocycles. The maximum Gasteiger partial charge on any atom is 0.337 e. The first kappa shape index (κ1) is 10.4. The lowest BCUT2D eigenvalue weighted by molar-refractivity contribution is -0.147. The standard InChI is InChI=1S/C8H6F2O4/c9-3-1-4(7(12)8(13)14)6(11)5(10)2-3/h1-2,7,11-12H,(H,13,14). The summed E-state index contributed by atoms with van der Waals surface area (Å²) in [5, 5.41) is 26.2. The summed E-state index contributed by atoms with van der Waals surface area (Å²) in [6.07, 6.45) is -2.15. The molecule has 1 atom stereocenters. The number of halogens is 2. The van der Waals surface area contributed by atoms with Gasteiger partial charge in [0, 0.05) is 11.6 Å². The molecule has 0 bridgehead atoms. The first-order valence-electron chi connectivity index (χ1n) is 3.52. The molecule has 6 heteroatoms. The number of hydrogen-bond acceptors (Lipinski definition) is 3. The van der Waals surface area contributed by atoms with Gasteiger partial charge in [0.2, 0.25) is 0 Å². The fourth-order valence-corrected chi connectivity index (χ4v) is 0.927. The Bertz CT molecular complexity index is 378. The van der Waals surface area contributed by atoms with Gasteiger partial charge in [-0.3, -0.25) is 0 Å². The predicted molar refractivity (Wildman–Crippen MR) is 40.6 cm³/mol. The van der Waals surface area contributed by atoms with Gasteiger partial charge >= 0.3 is 5.97 Å². The summed E-state index contributed by atoms with van der Waals surface area (Å²) < 4.78 is 25.2. The van der Waals surface area contributed by atoms with E-state index in [1.807, 2.05) is 0 Å². The second kappa shape index (κ2) is 3.59. The van der Waals surface area contributed by atoms with E-state index >= 15 is 0 Å². The van der Waals surface area contributed by atoms with Crippen LogP contribution in [0.4, 0.5) is 8.78 Å². The van der Waals surface area contributed by atoms with Crippen LogP contribution in [0, 0.1) is 11.6 Å². The lowest BCUT2D eigenvalue weighted by Gasteiger charge is -2.08. The smallest absolute Gasteiger partial charge is 0.337 e. The number of benzene rings is 1. The van der Waals surface area contributed by atoms with Crippen LogP contribution >= 0.6 is 0 Å². The summed E-state index contributed by atoms with van der Waals surface area (Å²) in [5.41, 5.74) is -0.713. The predicted octanol–water partition coefficient (Wildman–Crippen LogP) is 0.788. The van der Waals surface area contributed by atoms with Crippen LogP contribution in [0.2, 0.25) is 0 Å². The molecular weight excluding hydrogens is 198 g/mol. The molecule has 0 heterocycles. The normalized spacial score (nSPS) is 12.5. The first-order chi connectivity index (χ1) is 6.43. The summed E-state index contributed by atoms with van der Waals surface area (Å²) in [5.74, 6) is -5.16. The van der Waals surface area contributed by atoms with Crippen molar-refractivity contribution in [3.63, 3.8) is 0 Å². The van der Waals surface area contributed by atoms with Crippen LogP contribution < -0.4 is 0 Å². The zero-order valence-electron chi connectivity index (χ0n) is 6.74. The number of phenolic OH excluding ortho intramolecular Hbond substituents is 1. The molecule has 0 aliphatic rings. The maximum atomic E-state index is 12.7. The molecule has 0 spiro atoms. The number of aliphatic carboxylic acids is 1. The Morgan fingerprint density at radius 1 is 1.36 bits per heavy atom. The van der Waals surface area contributed by atoms with E-state index in [4.69, 9.17) is 15.3 Å². The van der Waals surface area contributed by atoms with Crippen molar-refractivity contribution in [2.45, 2.75) is 6.10 Å². The van der Waals surface area contributed by atoms with Gasteiger partial charge in [-0.2, -0.15) is 0 Å². The van der Waals surface area contributed by atoms with Crippen molar-refractivity contribution in [1.82, 2.24) is 0 Å². The van der Waals surface area contributed by atoms with Gasteiger partial charge in [0.1, 0.15) is 5.82 Å². The van der Waals surface area contributed by atoms with E-state index in [9.17, 15) is 13.6 Å². The third-order valence-corrected chi connectivity index (χ3v) is 1.59. The molecule has 1 unspecified atom stereocenters. The Kier molecular flexibility index (Phi) is 2.66. The molecule has 4 nitrogen and oxygen atoms in total. The Balaban J connectivity index is 3.26. The van der Waals surface area contributed by atoms with Crippen molar-refractivity contribution < 1.29 is 28.9 Å². The molecular formula is C8H6F2O4. The van der Waals surface area contributed by atoms with Crippen molar-refractivity contribution in [2.24, 2.45) is 0 Å². The molecule has 0 aliphatic heterocycles. The van der Waals surface area contributed by atoms with Crippen LogP contribution in [0.3, 0.4) is 0 Å². The molecule has 76 valence electrons. The monoisotopic (exact) mass is 204 g/mol. The molecule has 14 heavy (non-hydrogen) atoms. The summed E-state index contributed by atoms with van der Waals surface area (Å²) in [6, 6.07) is 0.935. The van der Waals surface area contributed by atoms with Gasteiger partial charge in [0.15, 0.2) is 17.7 Å². The van der Waals surface area contributed by atoms with Crippen LogP contribution in [0.25, 0.3) is 0 Å². The third-order valence-electron chi connectivity index (χ3n) is 1.59. The molecule has 0 fully saturated rings. The summed E-state index contributed by atoms with van der Waals surface area (Å²) >= 11 is 0. The fourth-order valence-electron chi connectivity index (χ4n) is 0.927. The average Bonchev–Trinajstić information content (AvgIpc) is 2.09. The van der Waals surface area contributed by atoms with E-state index in [1.54, 1.807) is 0 Å². The first-order valence-corrected chi connectivity index (χ1v) is 3.52. The molecule has 3 N–H and O–H groups in total. The van der Waals surface area contributed by atoms with Crippen LogP contribution in [0.15, 0.2) is 12.1 Å². The van der Waals surface area contributed by atoms with E-state index in [0.717, 1.165) is 0 Å². The second-order valence-electron chi connectivity index (χ2n) is 2.57. The highest BCUT2D eigenvalue weighted by atomic mass is 19.1. The van der Waals surface area contributed by atoms with Crippen LogP contribution in [-0.2, 0) is 4.79 Å². The second-order valence-corrected chi connectivity index (χ2v) is 2.57. The number of aliphatic hydroxyl groups excluding tert-OH is 1. The Labute approximate surface area is 77.0 Å². The zero-order valence-corrected chi connectivity index (χ0v) is 6.74. The largest absolute Gasteiger partial charge is 0.505 e. The van der Waals surface area contributed by atoms with E-state index < -0.39 is 35.0 Å². The van der Waals surface area contributed by atoms with E-state index in [1.165, 1.54) is 0 Å². The van der Waals surface area contributed by atoms with E-state index in [-0.39, 0.29) is 0 Å². The van der Waals surface area contributed by atoms with Crippen LogP contribution in [0.1, 0.15) is 11.7 Å². The molecule has 0 aromatic heterocycles. The van der Waals surface area contributed by atoms with Crippen LogP contribution in [0.5, 0.6) is 5.75 Å². The molecule has 1 aromatic rings. The van der Waals surface area contributed by atoms with Gasteiger partial charge in [-0.15, -0.1) is 0 Å². The molecule has 1 rings (SSSR count). The maximum absolute atomic E-state index is 12.7. The Morgan fingerprint density at radius 2 is 1.93 bits per heavy atom. The van der Waals surface area contributed by atoms with E-state index in [0.29, 0.717) is 12.1 Å². The lowest BCUT2D eigenvalue weighted by atomic mass is 10.1. The molecule has 0 saturated heterocycles. The van der Waals surface area contributed by atoms with Gasteiger partial charge in [-0.05, 0) is 6.07 Å². The topological polar surface area (TPSA) is 77.8 Å². The Hall–Kier alpha value is -1.69. The minimum absolute atomic E-state index is 0.382. The molecule has 1 aromatic carbocycles. The lowest BCUT2D eigenvalue weighted by Crippen LogP contribution is -2.11. The number of rotatable bonds is 2. The SMILES string of the molecule is O=C(O)C(O)c1cc(F)cc(F)c1O. The zero-order chi connectivity index (χ0) is 10.9. The van der Waals surface area contributed by atoms with E-state index in [2.05, 4.69) is 0 Å². The summed E-state index contributed by atoms with van der Waals surface area (Å²) in [4.78, 5) is 10.3. The molecule has 0 saturated carbocycles. The van der Waals surface area contributed by atoms with Gasteiger partial charge in [0.05, 0.1) is 0 Å². The minimum Gasteiger partial charge on any atom is -0.505 e. The highest BCUT2D eigenvalue weighted by Gasteiger charge is 2.22. The highest BCUT2D eigenvalue weighted by Crippen LogP contribution is 2.28. The van der Waals surface area contributed by atoms with Crippen molar-refractivity contribution in [1.29, 1.82) is 0 Å². The van der Waals surface area contributed by atoms with Crippen molar-refractivity contribution >= 4 is 5.97 Å². The number of phenols is 1. The van der Waals surface area contributed by atoms with Crippen LogP contribution in [-0.4, -0.2) is 21.3 Å². The number of carboxylic acids is 1. The van der Waals surface area contributed by atoms with Gasteiger partial charge in [-0.25, -0.2) is 13.6 Å². The summed E-state index contributed by atoms with van der Waals surface area (Å²) in [6.45, 7) is 0. The van der Waals surface area contributed by atoms with Crippen molar-refractivity contribution in [3.05, 3.63) is 29.3 Å². The quantitative estimate of drug-likeness (QED) is 0.665. The van der Waals surface area contributed by atoms with Crippen molar-refractivity contribution in [2.75, 3.05) is 0 Å². The number of carbonyl (C=O) groups is 1. The minimum atomic E-state index is -2.15. The van der Waals surface area contributed by atoms with Gasteiger partial charge in [-0.1, -0.05) is 0 Å². The summed E-state index contributed by atoms with van der Waals surface area (Å²) in [7, 11) is 0. The third kappa shape index (κ3) is 1.80. The highest BCUT2D eigenvalue weighted by molar-refractivity contribution is 5.75. The number of aromatic hydroxyl groups is 1. The fraction of sp³-hybridized carbons (Fsp3) is 0.125. The number of aliphatic hydroxyl groups is 1. The van der Waals surface area contributed by atoms with Gasteiger partial charge in [0.25, 0.3) is 0 Å². The van der Waals surface area contributed by atoms with Crippen molar-refractivity contribution in [3.8, 4) is 5.75 Å². The van der Waals surface area contributed by atoms with Gasteiger partial charge < -0.3 is 15.3 Å².